The van der Waals surface area contributed by atoms with Crippen LogP contribution in [0.15, 0.2) is 66.7 Å². The zero-order valence-electron chi connectivity index (χ0n) is 22.0. The van der Waals surface area contributed by atoms with E-state index in [1.54, 1.807) is 18.2 Å². The summed E-state index contributed by atoms with van der Waals surface area (Å²) in [5.74, 6) is -0.0141. The van der Waals surface area contributed by atoms with Gasteiger partial charge in [0.1, 0.15) is 11.8 Å². The number of carbonyl (C=O) groups is 2. The standard InChI is InChI=1S/C30H34Cl2N2O3/c1-20-14-21(2)16-23(15-20)37-19-28(35)34(18-24-25(31)12-9-13-26(24)32)27(29(36)33-30(3,4)5)17-22-10-7-6-8-11-22/h6-16,27H,17-19H2,1-5H3,(H,33,36)/t27-/m0/s1. The number of carbonyl (C=O) groups excluding carboxylic acids is 2. The third-order valence-electron chi connectivity index (χ3n) is 5.72. The third-order valence-corrected chi connectivity index (χ3v) is 6.43. The largest absolute Gasteiger partial charge is 0.484 e. The smallest absolute Gasteiger partial charge is 0.261 e. The van der Waals surface area contributed by atoms with E-state index in [0.29, 0.717) is 27.8 Å². The molecule has 0 saturated heterocycles. The molecule has 196 valence electrons. The molecule has 0 bridgehead atoms. The van der Waals surface area contributed by atoms with Gasteiger partial charge in [0.25, 0.3) is 5.91 Å². The maximum Gasteiger partial charge on any atom is 0.261 e. The summed E-state index contributed by atoms with van der Waals surface area (Å²) in [6, 6.07) is 19.8. The van der Waals surface area contributed by atoms with Crippen molar-refractivity contribution in [3.05, 3.63) is 99.0 Å². The zero-order chi connectivity index (χ0) is 27.2. The molecule has 0 spiro atoms. The first kappa shape index (κ1) is 28.5. The van der Waals surface area contributed by atoms with E-state index in [1.807, 2.05) is 83.1 Å². The Morgan fingerprint density at radius 3 is 2.08 bits per heavy atom. The number of halogens is 2. The van der Waals surface area contributed by atoms with Gasteiger partial charge in [-0.1, -0.05) is 65.7 Å². The van der Waals surface area contributed by atoms with Crippen LogP contribution in [0.1, 0.15) is 43.0 Å². The third kappa shape index (κ3) is 8.51. The number of ether oxygens (including phenoxy) is 1. The van der Waals surface area contributed by atoms with E-state index in [1.165, 1.54) is 4.90 Å². The maximum absolute atomic E-state index is 13.7. The Labute approximate surface area is 229 Å². The quantitative estimate of drug-likeness (QED) is 0.335. The second-order valence-corrected chi connectivity index (χ2v) is 11.1. The fraction of sp³-hybridized carbons (Fsp3) is 0.333. The lowest BCUT2D eigenvalue weighted by Crippen LogP contribution is -2.55. The normalized spacial score (nSPS) is 12.1. The molecule has 2 amide bonds. The SMILES string of the molecule is Cc1cc(C)cc(OCC(=O)N(Cc2c(Cl)cccc2Cl)[C@@H](Cc2ccccc2)C(=O)NC(C)(C)C)c1. The van der Waals surface area contributed by atoms with E-state index in [9.17, 15) is 9.59 Å². The van der Waals surface area contributed by atoms with Gasteiger partial charge in [0.2, 0.25) is 5.91 Å². The number of nitrogens with one attached hydrogen (secondary N) is 1. The van der Waals surface area contributed by atoms with Gasteiger partial charge in [0.05, 0.1) is 0 Å². The number of hydrogen-bond acceptors (Lipinski definition) is 3. The molecule has 7 heteroatoms. The zero-order valence-corrected chi connectivity index (χ0v) is 23.5. The highest BCUT2D eigenvalue weighted by Gasteiger charge is 2.33. The van der Waals surface area contributed by atoms with Crippen LogP contribution in [0.25, 0.3) is 0 Å². The van der Waals surface area contributed by atoms with Crippen molar-refractivity contribution in [1.29, 1.82) is 0 Å². The summed E-state index contributed by atoms with van der Waals surface area (Å²) in [4.78, 5) is 28.9. The lowest BCUT2D eigenvalue weighted by atomic mass is 10.0. The van der Waals surface area contributed by atoms with Crippen molar-refractivity contribution in [2.75, 3.05) is 6.61 Å². The highest BCUT2D eigenvalue weighted by molar-refractivity contribution is 6.36. The van der Waals surface area contributed by atoms with Gasteiger partial charge in [0.15, 0.2) is 6.61 Å². The molecule has 0 aliphatic rings. The predicted octanol–water partition coefficient (Wildman–Crippen LogP) is 6.54. The van der Waals surface area contributed by atoms with Crippen LogP contribution in [0.2, 0.25) is 10.0 Å². The van der Waals surface area contributed by atoms with Gasteiger partial charge in [-0.25, -0.2) is 0 Å². The molecular formula is C30H34Cl2N2O3. The van der Waals surface area contributed by atoms with Crippen LogP contribution in [0, 0.1) is 13.8 Å². The van der Waals surface area contributed by atoms with Crippen molar-refractivity contribution < 1.29 is 14.3 Å². The first-order valence-electron chi connectivity index (χ1n) is 12.2. The van der Waals surface area contributed by atoms with E-state index in [2.05, 4.69) is 5.32 Å². The molecule has 0 heterocycles. The van der Waals surface area contributed by atoms with E-state index >= 15 is 0 Å². The number of amides is 2. The second kappa shape index (κ2) is 12.5. The van der Waals surface area contributed by atoms with E-state index in [-0.39, 0.29) is 25.0 Å². The molecule has 0 unspecified atom stereocenters. The summed E-state index contributed by atoms with van der Waals surface area (Å²) >= 11 is 13.0. The topological polar surface area (TPSA) is 58.6 Å². The van der Waals surface area contributed by atoms with Crippen molar-refractivity contribution in [2.24, 2.45) is 0 Å². The first-order chi connectivity index (χ1) is 17.4. The van der Waals surface area contributed by atoms with Gasteiger partial charge < -0.3 is 15.0 Å². The Morgan fingerprint density at radius 1 is 0.919 bits per heavy atom. The molecule has 0 aromatic heterocycles. The number of nitrogens with zero attached hydrogens (tertiary/aromatic N) is 1. The molecule has 0 aliphatic heterocycles. The van der Waals surface area contributed by atoms with Gasteiger partial charge in [-0.3, -0.25) is 9.59 Å². The molecule has 3 rings (SSSR count). The number of rotatable bonds is 9. The van der Waals surface area contributed by atoms with Gasteiger partial charge >= 0.3 is 0 Å². The molecule has 0 saturated carbocycles. The molecule has 37 heavy (non-hydrogen) atoms. The van der Waals surface area contributed by atoms with Gasteiger partial charge in [-0.2, -0.15) is 0 Å². The van der Waals surface area contributed by atoms with Crippen LogP contribution >= 0.6 is 23.2 Å². The number of hydrogen-bond donors (Lipinski definition) is 1. The lowest BCUT2D eigenvalue weighted by molar-refractivity contribution is -0.143. The number of aryl methyl sites for hydroxylation is 2. The second-order valence-electron chi connectivity index (χ2n) is 10.3. The van der Waals surface area contributed by atoms with E-state index in [0.717, 1.165) is 16.7 Å². The summed E-state index contributed by atoms with van der Waals surface area (Å²) in [6.45, 7) is 9.49. The predicted molar refractivity (Wildman–Crippen MR) is 150 cm³/mol. The van der Waals surface area contributed by atoms with Crippen LogP contribution < -0.4 is 10.1 Å². The molecule has 0 aliphatic carbocycles. The first-order valence-corrected chi connectivity index (χ1v) is 13.0. The van der Waals surface area contributed by atoms with Crippen molar-refractivity contribution in [3.8, 4) is 5.75 Å². The van der Waals surface area contributed by atoms with E-state index < -0.39 is 11.6 Å². The minimum atomic E-state index is -0.815. The van der Waals surface area contributed by atoms with Gasteiger partial charge in [0, 0.05) is 34.1 Å². The monoisotopic (exact) mass is 540 g/mol. The van der Waals surface area contributed by atoms with Crippen LogP contribution in [0.5, 0.6) is 5.75 Å². The minimum absolute atomic E-state index is 0.0581. The van der Waals surface area contributed by atoms with Crippen molar-refractivity contribution >= 4 is 35.0 Å². The molecule has 5 nitrogen and oxygen atoms in total. The van der Waals surface area contributed by atoms with Crippen molar-refractivity contribution in [2.45, 2.75) is 59.2 Å². The van der Waals surface area contributed by atoms with Gasteiger partial charge in [-0.05, 0) is 75.6 Å². The van der Waals surface area contributed by atoms with Crippen molar-refractivity contribution in [3.63, 3.8) is 0 Å². The maximum atomic E-state index is 13.7. The van der Waals surface area contributed by atoms with Crippen LogP contribution in [-0.4, -0.2) is 34.9 Å². The molecule has 3 aromatic rings. The van der Waals surface area contributed by atoms with Crippen LogP contribution in [-0.2, 0) is 22.6 Å². The summed E-state index contributed by atoms with van der Waals surface area (Å²) in [5, 5.41) is 3.89. The molecule has 1 atom stereocenters. The van der Waals surface area contributed by atoms with E-state index in [4.69, 9.17) is 27.9 Å². The van der Waals surface area contributed by atoms with Gasteiger partial charge in [-0.15, -0.1) is 0 Å². The molecule has 3 aromatic carbocycles. The minimum Gasteiger partial charge on any atom is -0.484 e. The Bertz CT molecular complexity index is 1200. The highest BCUT2D eigenvalue weighted by Crippen LogP contribution is 2.27. The Morgan fingerprint density at radius 2 is 1.51 bits per heavy atom. The highest BCUT2D eigenvalue weighted by atomic mass is 35.5. The van der Waals surface area contributed by atoms with Crippen molar-refractivity contribution in [1.82, 2.24) is 10.2 Å². The average molecular weight is 542 g/mol. The molecule has 0 fully saturated rings. The average Bonchev–Trinajstić information content (AvgIpc) is 2.80. The van der Waals surface area contributed by atoms with Crippen LogP contribution in [0.4, 0.5) is 0 Å². The summed E-state index contributed by atoms with van der Waals surface area (Å²) in [7, 11) is 0. The van der Waals surface area contributed by atoms with Crippen LogP contribution in [0.3, 0.4) is 0 Å². The Hall–Kier alpha value is -3.02. The summed E-state index contributed by atoms with van der Waals surface area (Å²) < 4.78 is 5.90. The molecule has 1 N–H and O–H groups in total. The Kier molecular flexibility index (Phi) is 9.63. The number of benzene rings is 3. The molecular weight excluding hydrogens is 507 g/mol. The summed E-state index contributed by atoms with van der Waals surface area (Å²) in [6.07, 6.45) is 0.320. The Balaban J connectivity index is 1.99. The fourth-order valence-electron chi connectivity index (χ4n) is 4.10. The summed E-state index contributed by atoms with van der Waals surface area (Å²) in [5.41, 5.74) is 3.09. The molecule has 0 radical (unpaired) electrons. The fourth-order valence-corrected chi connectivity index (χ4v) is 4.62. The lowest BCUT2D eigenvalue weighted by Gasteiger charge is -2.34.